The smallest absolute Gasteiger partial charge is 0.387 e. The van der Waals surface area contributed by atoms with E-state index in [2.05, 4.69) is 10.6 Å². The summed E-state index contributed by atoms with van der Waals surface area (Å²) < 4.78 is 38.2. The number of carbonyl (C=O) groups excluding carboxylic acids is 1. The van der Waals surface area contributed by atoms with Crippen LogP contribution in [0.25, 0.3) is 0 Å². The average Bonchev–Trinajstić information content (AvgIpc) is 2.40. The minimum Gasteiger partial charge on any atom is -0.387 e. The summed E-state index contributed by atoms with van der Waals surface area (Å²) in [7, 11) is 0. The Morgan fingerprint density at radius 1 is 1.41 bits per heavy atom. The van der Waals surface area contributed by atoms with Crippen molar-refractivity contribution in [2.24, 2.45) is 0 Å². The highest BCUT2D eigenvalue weighted by Gasteiger charge is 2.33. The van der Waals surface area contributed by atoms with E-state index in [-0.39, 0.29) is 17.3 Å². The number of rotatable bonds is 4. The summed E-state index contributed by atoms with van der Waals surface area (Å²) in [6, 6.07) is 4.64. The number of nitrogens with one attached hydrogen (secondary N) is 2. The van der Waals surface area contributed by atoms with E-state index in [1.165, 1.54) is 12.3 Å². The fourth-order valence-corrected chi connectivity index (χ4v) is 1.64. The van der Waals surface area contributed by atoms with Gasteiger partial charge in [-0.1, -0.05) is 11.6 Å². The highest BCUT2D eigenvalue weighted by atomic mass is 35.5. The lowest BCUT2D eigenvalue weighted by Gasteiger charge is -2.12. The second-order valence-corrected chi connectivity index (χ2v) is 5.04. The highest BCUT2D eigenvalue weighted by molar-refractivity contribution is 6.31. The maximum absolute atomic E-state index is 12.7. The molecule has 2 N–H and O–H groups in total. The lowest BCUT2D eigenvalue weighted by atomic mass is 10.2. The maximum Gasteiger partial charge on any atom is 0.417 e. The number of carbonyl (C=O) groups is 1. The molecule has 0 bridgehead atoms. The minimum absolute atomic E-state index is 0.00325. The predicted molar refractivity (Wildman–Crippen MR) is 77.1 cm³/mol. The molecular weight excluding hydrogens is 319 g/mol. The van der Waals surface area contributed by atoms with Gasteiger partial charge in [0, 0.05) is 17.9 Å². The first-order chi connectivity index (χ1) is 10.1. The molecule has 118 valence electrons. The zero-order valence-corrected chi connectivity index (χ0v) is 12.5. The van der Waals surface area contributed by atoms with Crippen molar-refractivity contribution in [3.8, 4) is 6.07 Å². The highest BCUT2D eigenvalue weighted by Crippen LogP contribution is 2.36. The summed E-state index contributed by atoms with van der Waals surface area (Å²) >= 11 is 5.49. The molecule has 1 rings (SSSR count). The molecule has 0 heterocycles. The predicted octanol–water partition coefficient (Wildman–Crippen LogP) is 3.70. The SMILES string of the molecule is CC(C)N/C=C(/C#N)C(=O)Nc1ccc(Cl)c(C(F)(F)F)c1. The van der Waals surface area contributed by atoms with Crippen molar-refractivity contribution in [1.82, 2.24) is 5.32 Å². The second-order valence-electron chi connectivity index (χ2n) is 4.64. The molecule has 1 aromatic rings. The molecule has 0 aliphatic heterocycles. The Kier molecular flexibility index (Phi) is 5.83. The van der Waals surface area contributed by atoms with Crippen LogP contribution in [0.2, 0.25) is 5.02 Å². The lowest BCUT2D eigenvalue weighted by Crippen LogP contribution is -2.20. The van der Waals surface area contributed by atoms with Crippen LogP contribution in [0, 0.1) is 11.3 Å². The Balaban J connectivity index is 2.98. The zero-order chi connectivity index (χ0) is 16.9. The molecule has 22 heavy (non-hydrogen) atoms. The quantitative estimate of drug-likeness (QED) is 0.653. The van der Waals surface area contributed by atoms with Crippen molar-refractivity contribution in [2.45, 2.75) is 26.1 Å². The lowest BCUT2D eigenvalue weighted by molar-refractivity contribution is -0.137. The normalized spacial score (nSPS) is 12.0. The van der Waals surface area contributed by atoms with E-state index >= 15 is 0 Å². The third kappa shape index (κ3) is 4.97. The molecule has 1 amide bonds. The Hall–Kier alpha value is -2.20. The number of hydrogen-bond donors (Lipinski definition) is 2. The molecule has 0 spiro atoms. The van der Waals surface area contributed by atoms with E-state index < -0.39 is 22.7 Å². The van der Waals surface area contributed by atoms with Gasteiger partial charge < -0.3 is 10.6 Å². The van der Waals surface area contributed by atoms with Crippen molar-refractivity contribution in [1.29, 1.82) is 5.26 Å². The third-order valence-electron chi connectivity index (χ3n) is 2.46. The van der Waals surface area contributed by atoms with Crippen LogP contribution in [0.4, 0.5) is 18.9 Å². The average molecular weight is 332 g/mol. The van der Waals surface area contributed by atoms with Crippen LogP contribution in [-0.2, 0) is 11.0 Å². The first-order valence-electron chi connectivity index (χ1n) is 6.19. The summed E-state index contributed by atoms with van der Waals surface area (Å²) in [5.41, 5.74) is -1.42. The van der Waals surface area contributed by atoms with E-state index in [4.69, 9.17) is 16.9 Å². The van der Waals surface area contributed by atoms with Gasteiger partial charge in [-0.15, -0.1) is 0 Å². The number of amides is 1. The fourth-order valence-electron chi connectivity index (χ4n) is 1.42. The number of halogens is 4. The van der Waals surface area contributed by atoms with E-state index in [1.54, 1.807) is 19.9 Å². The third-order valence-corrected chi connectivity index (χ3v) is 2.79. The summed E-state index contributed by atoms with van der Waals surface area (Å²) in [5.74, 6) is -0.814. The van der Waals surface area contributed by atoms with Gasteiger partial charge in [0.25, 0.3) is 5.91 Å². The Morgan fingerprint density at radius 3 is 2.55 bits per heavy atom. The maximum atomic E-state index is 12.7. The van der Waals surface area contributed by atoms with Crippen molar-refractivity contribution in [3.05, 3.63) is 40.6 Å². The number of anilines is 1. The van der Waals surface area contributed by atoms with Crippen LogP contribution >= 0.6 is 11.6 Å². The monoisotopic (exact) mass is 331 g/mol. The van der Waals surface area contributed by atoms with Crippen LogP contribution in [0.1, 0.15) is 19.4 Å². The molecule has 0 fully saturated rings. The molecule has 0 atom stereocenters. The Morgan fingerprint density at radius 2 is 2.05 bits per heavy atom. The van der Waals surface area contributed by atoms with Crippen LogP contribution in [0.5, 0.6) is 0 Å². The van der Waals surface area contributed by atoms with Gasteiger partial charge in [0.15, 0.2) is 0 Å². The van der Waals surface area contributed by atoms with Crippen molar-refractivity contribution >= 4 is 23.2 Å². The Bertz CT molecular complexity index is 633. The van der Waals surface area contributed by atoms with Gasteiger partial charge in [0.2, 0.25) is 0 Å². The van der Waals surface area contributed by atoms with E-state index in [0.29, 0.717) is 6.07 Å². The summed E-state index contributed by atoms with van der Waals surface area (Å²) in [6.45, 7) is 3.61. The summed E-state index contributed by atoms with van der Waals surface area (Å²) in [4.78, 5) is 11.8. The molecule has 4 nitrogen and oxygen atoms in total. The molecule has 0 aliphatic rings. The first kappa shape index (κ1) is 17.9. The van der Waals surface area contributed by atoms with Gasteiger partial charge in [0.05, 0.1) is 10.6 Å². The molecule has 1 aromatic carbocycles. The van der Waals surface area contributed by atoms with E-state index in [1.807, 2.05) is 0 Å². The number of nitriles is 1. The van der Waals surface area contributed by atoms with Crippen LogP contribution in [0.3, 0.4) is 0 Å². The van der Waals surface area contributed by atoms with Gasteiger partial charge in [-0.3, -0.25) is 4.79 Å². The van der Waals surface area contributed by atoms with Crippen molar-refractivity contribution in [3.63, 3.8) is 0 Å². The summed E-state index contributed by atoms with van der Waals surface area (Å²) in [6.07, 6.45) is -3.43. The zero-order valence-electron chi connectivity index (χ0n) is 11.8. The van der Waals surface area contributed by atoms with Crippen molar-refractivity contribution < 1.29 is 18.0 Å². The first-order valence-corrected chi connectivity index (χ1v) is 6.57. The summed E-state index contributed by atoms with van der Waals surface area (Å²) in [5, 5.41) is 13.4. The standard InChI is InChI=1S/C14H13ClF3N3O/c1-8(2)20-7-9(6-19)13(22)21-10-3-4-12(15)11(5-10)14(16,17)18/h3-5,7-8,20H,1-2H3,(H,21,22)/b9-7-. The minimum atomic E-state index is -4.63. The molecule has 0 aromatic heterocycles. The molecule has 0 saturated heterocycles. The molecule has 0 unspecified atom stereocenters. The van der Waals surface area contributed by atoms with Crippen molar-refractivity contribution in [2.75, 3.05) is 5.32 Å². The number of benzene rings is 1. The Labute approximate surface area is 130 Å². The molecule has 0 aliphatic carbocycles. The largest absolute Gasteiger partial charge is 0.417 e. The van der Waals surface area contributed by atoms with Gasteiger partial charge in [-0.2, -0.15) is 18.4 Å². The molecule has 0 saturated carbocycles. The van der Waals surface area contributed by atoms with Gasteiger partial charge in [-0.25, -0.2) is 0 Å². The van der Waals surface area contributed by atoms with Crippen LogP contribution < -0.4 is 10.6 Å². The van der Waals surface area contributed by atoms with Crippen LogP contribution in [0.15, 0.2) is 30.0 Å². The molecular formula is C14H13ClF3N3O. The van der Waals surface area contributed by atoms with Gasteiger partial charge >= 0.3 is 6.18 Å². The number of nitrogens with zero attached hydrogens (tertiary/aromatic N) is 1. The topological polar surface area (TPSA) is 64.9 Å². The van der Waals surface area contributed by atoms with E-state index in [0.717, 1.165) is 6.07 Å². The number of alkyl halides is 3. The second kappa shape index (κ2) is 7.18. The molecule has 8 heteroatoms. The van der Waals surface area contributed by atoms with E-state index in [9.17, 15) is 18.0 Å². The van der Waals surface area contributed by atoms with Gasteiger partial charge in [-0.05, 0) is 32.0 Å². The van der Waals surface area contributed by atoms with Gasteiger partial charge in [0.1, 0.15) is 11.6 Å². The van der Waals surface area contributed by atoms with Crippen LogP contribution in [-0.4, -0.2) is 11.9 Å². The molecule has 0 radical (unpaired) electrons. The fraction of sp³-hybridized carbons (Fsp3) is 0.286. The number of hydrogen-bond acceptors (Lipinski definition) is 3.